The summed E-state index contributed by atoms with van der Waals surface area (Å²) in [5.74, 6) is 0.351. The summed E-state index contributed by atoms with van der Waals surface area (Å²) < 4.78 is 29.6. The van der Waals surface area contributed by atoms with Gasteiger partial charge in [-0.15, -0.1) is 0 Å². The van der Waals surface area contributed by atoms with E-state index in [0.717, 1.165) is 43.5 Å². The number of halogens is 2. The summed E-state index contributed by atoms with van der Waals surface area (Å²) in [6.45, 7) is 7.53. The normalized spacial score (nSPS) is 14.1. The maximum absolute atomic E-state index is 13.1. The summed E-state index contributed by atoms with van der Waals surface area (Å²) in [5.41, 5.74) is 2.18. The van der Waals surface area contributed by atoms with Crippen molar-refractivity contribution in [1.29, 1.82) is 0 Å². The van der Waals surface area contributed by atoms with Crippen molar-refractivity contribution in [2.75, 3.05) is 25.0 Å². The Labute approximate surface area is 180 Å². The molecule has 1 fully saturated rings. The number of hydrogen-bond acceptors (Lipinski definition) is 4. The molecule has 0 unspecified atom stereocenters. The molecule has 4 rings (SSSR count). The molecule has 1 amide bonds. The van der Waals surface area contributed by atoms with Crippen LogP contribution in [0.4, 0.5) is 14.7 Å². The number of aromatic nitrogens is 4. The molecule has 2 aromatic heterocycles. The van der Waals surface area contributed by atoms with Gasteiger partial charge in [0.05, 0.1) is 11.0 Å². The van der Waals surface area contributed by atoms with Crippen LogP contribution in [0.3, 0.4) is 0 Å². The molecule has 9 heteroatoms. The molecular formula is C22H28F2N6O. The molecule has 1 saturated carbocycles. The number of benzene rings is 1. The Morgan fingerprint density at radius 1 is 1.26 bits per heavy atom. The highest BCUT2D eigenvalue weighted by molar-refractivity contribution is 5.91. The zero-order chi connectivity index (χ0) is 22.0. The highest BCUT2D eigenvalue weighted by Crippen LogP contribution is 2.41. The summed E-state index contributed by atoms with van der Waals surface area (Å²) in [4.78, 5) is 19.7. The lowest BCUT2D eigenvalue weighted by molar-refractivity contribution is -0.117. The Kier molecular flexibility index (Phi) is 6.31. The number of para-hydroxylation sites is 2. The van der Waals surface area contributed by atoms with Gasteiger partial charge in [-0.1, -0.05) is 26.0 Å². The van der Waals surface area contributed by atoms with E-state index in [1.165, 1.54) is 10.7 Å². The number of anilines is 1. The number of amides is 1. The fourth-order valence-electron chi connectivity index (χ4n) is 3.87. The molecule has 1 aliphatic rings. The zero-order valence-electron chi connectivity index (χ0n) is 17.9. The third-order valence-electron chi connectivity index (χ3n) is 5.78. The van der Waals surface area contributed by atoms with E-state index >= 15 is 0 Å². The molecular weight excluding hydrogens is 402 g/mol. The average molecular weight is 431 g/mol. The minimum atomic E-state index is -2.65. The van der Waals surface area contributed by atoms with Crippen molar-refractivity contribution < 1.29 is 13.6 Å². The highest BCUT2D eigenvalue weighted by atomic mass is 19.3. The first-order valence-electron chi connectivity index (χ1n) is 10.8. The molecule has 1 aromatic carbocycles. The monoisotopic (exact) mass is 430 g/mol. The van der Waals surface area contributed by atoms with Crippen molar-refractivity contribution in [2.45, 2.75) is 52.1 Å². The van der Waals surface area contributed by atoms with Crippen molar-refractivity contribution in [1.82, 2.24) is 24.2 Å². The number of carbonyl (C=O) groups is 1. The van der Waals surface area contributed by atoms with Gasteiger partial charge in [0.15, 0.2) is 0 Å². The second kappa shape index (κ2) is 9.13. The third kappa shape index (κ3) is 4.76. The predicted molar refractivity (Wildman–Crippen MR) is 115 cm³/mol. The van der Waals surface area contributed by atoms with Gasteiger partial charge in [0, 0.05) is 24.7 Å². The number of nitrogens with one attached hydrogen (secondary N) is 1. The smallest absolute Gasteiger partial charge is 0.282 e. The SMILES string of the molecule is CCN(CC)CCn1c(NC(=O)Cn2nc(C(F)F)cc2C2CC2)nc2ccccc21. The van der Waals surface area contributed by atoms with Crippen LogP contribution >= 0.6 is 0 Å². The number of likely N-dealkylation sites (N-methyl/N-ethyl adjacent to an activating group) is 1. The minimum Gasteiger partial charge on any atom is -0.309 e. The maximum Gasteiger partial charge on any atom is 0.282 e. The zero-order valence-corrected chi connectivity index (χ0v) is 17.9. The molecule has 7 nitrogen and oxygen atoms in total. The van der Waals surface area contributed by atoms with E-state index in [4.69, 9.17) is 0 Å². The summed E-state index contributed by atoms with van der Waals surface area (Å²) in [6.07, 6.45) is -0.764. The summed E-state index contributed by atoms with van der Waals surface area (Å²) >= 11 is 0. The lowest BCUT2D eigenvalue weighted by Gasteiger charge is -2.19. The molecule has 1 aliphatic carbocycles. The van der Waals surface area contributed by atoms with Gasteiger partial charge >= 0.3 is 0 Å². The Morgan fingerprint density at radius 3 is 2.68 bits per heavy atom. The first-order chi connectivity index (χ1) is 15.0. The number of rotatable bonds is 10. The van der Waals surface area contributed by atoms with Crippen LogP contribution in [0.15, 0.2) is 30.3 Å². The quantitative estimate of drug-likeness (QED) is 0.527. The van der Waals surface area contributed by atoms with Crippen LogP contribution in [0.1, 0.15) is 50.4 Å². The summed E-state index contributed by atoms with van der Waals surface area (Å²) in [7, 11) is 0. The standard InChI is InChI=1S/C22H28F2N6O/c1-3-28(4-2)11-12-29-18-8-6-5-7-16(18)25-22(29)26-20(31)14-30-19(15-9-10-15)13-17(27-30)21(23)24/h5-8,13,15,21H,3-4,9-12,14H2,1-2H3,(H,25,26,31). The molecule has 2 heterocycles. The molecule has 1 N–H and O–H groups in total. The second-order valence-electron chi connectivity index (χ2n) is 7.88. The van der Waals surface area contributed by atoms with E-state index < -0.39 is 6.43 Å². The van der Waals surface area contributed by atoms with Crippen LogP contribution in [0, 0.1) is 0 Å². The van der Waals surface area contributed by atoms with E-state index in [-0.39, 0.29) is 24.1 Å². The van der Waals surface area contributed by atoms with Gasteiger partial charge in [-0.3, -0.25) is 14.8 Å². The van der Waals surface area contributed by atoms with E-state index in [0.29, 0.717) is 18.2 Å². The first-order valence-corrected chi connectivity index (χ1v) is 10.8. The minimum absolute atomic E-state index is 0.113. The molecule has 0 bridgehead atoms. The van der Waals surface area contributed by atoms with Gasteiger partial charge in [0.25, 0.3) is 6.43 Å². The van der Waals surface area contributed by atoms with E-state index in [9.17, 15) is 13.6 Å². The Bertz CT molecular complexity index is 1050. The molecule has 166 valence electrons. The van der Waals surface area contributed by atoms with Crippen molar-refractivity contribution in [3.05, 3.63) is 41.7 Å². The number of carbonyl (C=O) groups excluding carboxylic acids is 1. The van der Waals surface area contributed by atoms with Crippen molar-refractivity contribution in [3.63, 3.8) is 0 Å². The number of hydrogen-bond donors (Lipinski definition) is 1. The van der Waals surface area contributed by atoms with E-state index in [2.05, 4.69) is 34.1 Å². The molecule has 0 radical (unpaired) electrons. The predicted octanol–water partition coefficient (Wildman–Crippen LogP) is 4.03. The maximum atomic E-state index is 13.1. The molecule has 0 aliphatic heterocycles. The van der Waals surface area contributed by atoms with Gasteiger partial charge in [-0.2, -0.15) is 5.10 Å². The summed E-state index contributed by atoms with van der Waals surface area (Å²) in [6, 6.07) is 9.17. The van der Waals surface area contributed by atoms with Crippen LogP contribution in [0.2, 0.25) is 0 Å². The van der Waals surface area contributed by atoms with Crippen molar-refractivity contribution in [3.8, 4) is 0 Å². The number of alkyl halides is 2. The van der Waals surface area contributed by atoms with E-state index in [1.54, 1.807) is 0 Å². The van der Waals surface area contributed by atoms with E-state index in [1.807, 2.05) is 28.8 Å². The van der Waals surface area contributed by atoms with Gasteiger partial charge < -0.3 is 9.47 Å². The molecule has 0 saturated heterocycles. The van der Waals surface area contributed by atoms with Crippen LogP contribution in [0.5, 0.6) is 0 Å². The third-order valence-corrected chi connectivity index (χ3v) is 5.78. The van der Waals surface area contributed by atoms with Gasteiger partial charge in [0.2, 0.25) is 11.9 Å². The number of fused-ring (bicyclic) bond motifs is 1. The topological polar surface area (TPSA) is 68.0 Å². The second-order valence-corrected chi connectivity index (χ2v) is 7.88. The van der Waals surface area contributed by atoms with Crippen LogP contribution in [0.25, 0.3) is 11.0 Å². The fourth-order valence-corrected chi connectivity index (χ4v) is 3.87. The molecule has 0 atom stereocenters. The van der Waals surface area contributed by atoms with Gasteiger partial charge in [0.1, 0.15) is 12.2 Å². The summed E-state index contributed by atoms with van der Waals surface area (Å²) in [5, 5.41) is 6.85. The van der Waals surface area contributed by atoms with Crippen LogP contribution < -0.4 is 5.32 Å². The number of nitrogens with zero attached hydrogens (tertiary/aromatic N) is 5. The molecule has 0 spiro atoms. The van der Waals surface area contributed by atoms with Crippen molar-refractivity contribution >= 4 is 22.9 Å². The Morgan fingerprint density at radius 2 is 2.00 bits per heavy atom. The van der Waals surface area contributed by atoms with Crippen molar-refractivity contribution in [2.24, 2.45) is 0 Å². The van der Waals surface area contributed by atoms with Crippen LogP contribution in [-0.2, 0) is 17.9 Å². The Hall–Kier alpha value is -2.81. The first kappa shape index (κ1) is 21.4. The largest absolute Gasteiger partial charge is 0.309 e. The Balaban J connectivity index is 1.54. The molecule has 3 aromatic rings. The van der Waals surface area contributed by atoms with Gasteiger partial charge in [-0.05, 0) is 44.1 Å². The highest BCUT2D eigenvalue weighted by Gasteiger charge is 2.30. The fraction of sp³-hybridized carbons (Fsp3) is 0.500. The lowest BCUT2D eigenvalue weighted by Crippen LogP contribution is -2.28. The lowest BCUT2D eigenvalue weighted by atomic mass is 10.2. The number of imidazole rings is 1. The van der Waals surface area contributed by atoms with Gasteiger partial charge in [-0.25, -0.2) is 13.8 Å². The van der Waals surface area contributed by atoms with Crippen LogP contribution in [-0.4, -0.2) is 49.8 Å². The average Bonchev–Trinajstić information content (AvgIpc) is 3.42. The molecule has 31 heavy (non-hydrogen) atoms.